The van der Waals surface area contributed by atoms with Crippen LogP contribution in [0.4, 0.5) is 0 Å². The highest BCUT2D eigenvalue weighted by molar-refractivity contribution is 5.28. The number of ether oxygens (including phenoxy) is 1. The number of benzene rings is 1. The number of aryl methyl sites for hydroxylation is 1. The fourth-order valence-electron chi connectivity index (χ4n) is 1.84. The van der Waals surface area contributed by atoms with E-state index in [1.165, 1.54) is 11.1 Å². The van der Waals surface area contributed by atoms with Gasteiger partial charge in [-0.1, -0.05) is 24.3 Å². The van der Waals surface area contributed by atoms with Crippen molar-refractivity contribution in [3.8, 4) is 0 Å². The minimum absolute atomic E-state index is 0.104. The second-order valence-electron chi connectivity index (χ2n) is 4.22. The van der Waals surface area contributed by atoms with Gasteiger partial charge in [0.2, 0.25) is 0 Å². The molecular weight excluding hydrogens is 214 g/mol. The van der Waals surface area contributed by atoms with Crippen LogP contribution in [0.2, 0.25) is 0 Å². The van der Waals surface area contributed by atoms with Crippen molar-refractivity contribution in [1.82, 2.24) is 5.32 Å². The van der Waals surface area contributed by atoms with Gasteiger partial charge in [0.25, 0.3) is 0 Å². The lowest BCUT2D eigenvalue weighted by molar-refractivity contribution is 0.0904. The van der Waals surface area contributed by atoms with Gasteiger partial charge in [0.1, 0.15) is 0 Å². The quantitative estimate of drug-likeness (QED) is 0.680. The molecule has 0 saturated carbocycles. The van der Waals surface area contributed by atoms with Crippen LogP contribution < -0.4 is 5.32 Å². The van der Waals surface area contributed by atoms with E-state index in [-0.39, 0.29) is 6.61 Å². The zero-order valence-corrected chi connectivity index (χ0v) is 10.8. The maximum Gasteiger partial charge on any atom is 0.0697 e. The van der Waals surface area contributed by atoms with Crippen molar-refractivity contribution in [2.75, 3.05) is 26.4 Å². The van der Waals surface area contributed by atoms with E-state index in [2.05, 4.69) is 43.4 Å². The molecule has 3 nitrogen and oxygen atoms in total. The van der Waals surface area contributed by atoms with Gasteiger partial charge in [0, 0.05) is 12.6 Å². The lowest BCUT2D eigenvalue weighted by atomic mass is 10.0. The third-order valence-corrected chi connectivity index (χ3v) is 2.81. The predicted octanol–water partition coefficient (Wildman–Crippen LogP) is 2.04. The highest BCUT2D eigenvalue weighted by atomic mass is 16.5. The molecule has 1 aromatic rings. The molecule has 0 amide bonds. The first kappa shape index (κ1) is 14.2. The molecule has 1 rings (SSSR count). The van der Waals surface area contributed by atoms with Crippen LogP contribution >= 0.6 is 0 Å². The predicted molar refractivity (Wildman–Crippen MR) is 70.1 cm³/mol. The molecule has 1 atom stereocenters. The van der Waals surface area contributed by atoms with Crippen molar-refractivity contribution in [2.24, 2.45) is 0 Å². The number of rotatable bonds is 8. The Morgan fingerprint density at radius 2 is 2.06 bits per heavy atom. The molecule has 2 N–H and O–H groups in total. The van der Waals surface area contributed by atoms with Crippen LogP contribution in [0.1, 0.15) is 30.5 Å². The van der Waals surface area contributed by atoms with Crippen LogP contribution in [-0.4, -0.2) is 31.5 Å². The largest absolute Gasteiger partial charge is 0.394 e. The Bertz CT molecular complexity index is 315. The molecule has 96 valence electrons. The molecule has 0 saturated heterocycles. The minimum atomic E-state index is 0.104. The Labute approximate surface area is 104 Å². The molecule has 0 aliphatic rings. The Morgan fingerprint density at radius 1 is 1.29 bits per heavy atom. The first-order valence-corrected chi connectivity index (χ1v) is 6.23. The molecule has 0 aliphatic carbocycles. The topological polar surface area (TPSA) is 41.5 Å². The van der Waals surface area contributed by atoms with Gasteiger partial charge in [-0.3, -0.25) is 0 Å². The van der Waals surface area contributed by atoms with Crippen LogP contribution in [0.15, 0.2) is 24.3 Å². The van der Waals surface area contributed by atoms with Gasteiger partial charge in [-0.05, 0) is 37.9 Å². The summed E-state index contributed by atoms with van der Waals surface area (Å²) in [6, 6.07) is 8.81. The highest BCUT2D eigenvalue weighted by Gasteiger charge is 2.05. The Balaban J connectivity index is 2.21. The van der Waals surface area contributed by atoms with Crippen LogP contribution in [-0.2, 0) is 4.74 Å². The third kappa shape index (κ3) is 5.31. The number of aliphatic hydroxyl groups excluding tert-OH is 1. The van der Waals surface area contributed by atoms with Gasteiger partial charge in [-0.2, -0.15) is 0 Å². The first-order chi connectivity index (χ1) is 8.25. The molecule has 0 aliphatic heterocycles. The fraction of sp³-hybridized carbons (Fsp3) is 0.571. The Hall–Kier alpha value is -0.900. The number of hydrogen-bond acceptors (Lipinski definition) is 3. The molecule has 0 aromatic heterocycles. The fourth-order valence-corrected chi connectivity index (χ4v) is 1.84. The van der Waals surface area contributed by atoms with Crippen molar-refractivity contribution < 1.29 is 9.84 Å². The van der Waals surface area contributed by atoms with Crippen molar-refractivity contribution in [3.05, 3.63) is 35.4 Å². The molecule has 3 heteroatoms. The molecule has 0 spiro atoms. The second kappa shape index (κ2) is 8.23. The zero-order chi connectivity index (χ0) is 12.5. The van der Waals surface area contributed by atoms with Gasteiger partial charge in [0.15, 0.2) is 0 Å². The molecule has 17 heavy (non-hydrogen) atoms. The average molecular weight is 237 g/mol. The maximum absolute atomic E-state index is 8.55. The van der Waals surface area contributed by atoms with E-state index in [0.29, 0.717) is 19.3 Å². The summed E-state index contributed by atoms with van der Waals surface area (Å²) < 4.78 is 5.20. The van der Waals surface area contributed by atoms with Crippen molar-refractivity contribution in [2.45, 2.75) is 26.3 Å². The molecular formula is C14H23NO2. The van der Waals surface area contributed by atoms with Crippen LogP contribution in [0.25, 0.3) is 0 Å². The molecule has 0 fully saturated rings. The SMILES string of the molecule is Cc1ccccc1C(C)NCCCOCCO. The van der Waals surface area contributed by atoms with Crippen LogP contribution in [0.3, 0.4) is 0 Å². The monoisotopic (exact) mass is 237 g/mol. The van der Waals surface area contributed by atoms with Gasteiger partial charge in [0.05, 0.1) is 13.2 Å². The summed E-state index contributed by atoms with van der Waals surface area (Å²) in [6.07, 6.45) is 0.968. The second-order valence-corrected chi connectivity index (χ2v) is 4.22. The maximum atomic E-state index is 8.55. The van der Waals surface area contributed by atoms with E-state index in [1.54, 1.807) is 0 Å². The zero-order valence-electron chi connectivity index (χ0n) is 10.8. The van der Waals surface area contributed by atoms with Gasteiger partial charge in [-0.25, -0.2) is 0 Å². The lowest BCUT2D eigenvalue weighted by Gasteiger charge is -2.16. The number of hydrogen-bond donors (Lipinski definition) is 2. The van der Waals surface area contributed by atoms with E-state index in [1.807, 2.05) is 0 Å². The van der Waals surface area contributed by atoms with E-state index < -0.39 is 0 Å². The van der Waals surface area contributed by atoms with Gasteiger partial charge >= 0.3 is 0 Å². The summed E-state index contributed by atoms with van der Waals surface area (Å²) in [5.41, 5.74) is 2.67. The van der Waals surface area contributed by atoms with E-state index in [4.69, 9.17) is 9.84 Å². The van der Waals surface area contributed by atoms with Crippen molar-refractivity contribution >= 4 is 0 Å². The van der Waals surface area contributed by atoms with E-state index >= 15 is 0 Å². The number of aliphatic hydroxyl groups is 1. The summed E-state index contributed by atoms with van der Waals surface area (Å²) in [4.78, 5) is 0. The first-order valence-electron chi connectivity index (χ1n) is 6.23. The van der Waals surface area contributed by atoms with Crippen molar-refractivity contribution in [1.29, 1.82) is 0 Å². The lowest BCUT2D eigenvalue weighted by Crippen LogP contribution is -2.21. The normalized spacial score (nSPS) is 12.6. The van der Waals surface area contributed by atoms with Gasteiger partial charge in [-0.15, -0.1) is 0 Å². The molecule has 0 bridgehead atoms. The molecule has 0 heterocycles. The minimum Gasteiger partial charge on any atom is -0.394 e. The number of nitrogens with one attached hydrogen (secondary N) is 1. The van der Waals surface area contributed by atoms with Gasteiger partial charge < -0.3 is 15.2 Å². The van der Waals surface area contributed by atoms with E-state index in [9.17, 15) is 0 Å². The van der Waals surface area contributed by atoms with Crippen LogP contribution in [0, 0.1) is 6.92 Å². The third-order valence-electron chi connectivity index (χ3n) is 2.81. The summed E-state index contributed by atoms with van der Waals surface area (Å²) in [6.45, 7) is 6.49. The highest BCUT2D eigenvalue weighted by Crippen LogP contribution is 2.16. The Morgan fingerprint density at radius 3 is 2.76 bits per heavy atom. The van der Waals surface area contributed by atoms with E-state index in [0.717, 1.165) is 13.0 Å². The molecule has 1 aromatic carbocycles. The Kier molecular flexibility index (Phi) is 6.86. The summed E-state index contributed by atoms with van der Waals surface area (Å²) in [5.74, 6) is 0. The summed E-state index contributed by atoms with van der Waals surface area (Å²) in [7, 11) is 0. The molecule has 0 radical (unpaired) electrons. The van der Waals surface area contributed by atoms with Crippen LogP contribution in [0.5, 0.6) is 0 Å². The smallest absolute Gasteiger partial charge is 0.0697 e. The van der Waals surface area contributed by atoms with Crippen molar-refractivity contribution in [3.63, 3.8) is 0 Å². The standard InChI is InChI=1S/C14H23NO2/c1-12-6-3-4-7-14(12)13(2)15-8-5-10-17-11-9-16/h3-4,6-7,13,15-16H,5,8-11H2,1-2H3. The molecule has 1 unspecified atom stereocenters. The summed E-state index contributed by atoms with van der Waals surface area (Å²) in [5, 5.41) is 12.0. The average Bonchev–Trinajstić information content (AvgIpc) is 2.34. The summed E-state index contributed by atoms with van der Waals surface area (Å²) >= 11 is 0.